The fraction of sp³-hybridized carbons (Fsp3) is 0.312. The van der Waals surface area contributed by atoms with Crippen molar-refractivity contribution in [1.29, 1.82) is 0 Å². The standard InChI is InChI=1S/C16H19ClN2/c1-10-5-6-18-16(17)15(10)19-9-14-8-12(3)11(2)7-13(14)4/h5-8,19H,9H2,1-4H3. The van der Waals surface area contributed by atoms with Gasteiger partial charge in [0.15, 0.2) is 5.15 Å². The van der Waals surface area contributed by atoms with Gasteiger partial charge in [-0.2, -0.15) is 0 Å². The molecule has 0 unspecified atom stereocenters. The molecule has 1 aromatic heterocycles. The van der Waals surface area contributed by atoms with E-state index in [9.17, 15) is 0 Å². The van der Waals surface area contributed by atoms with Gasteiger partial charge in [0.1, 0.15) is 0 Å². The molecule has 0 aliphatic rings. The summed E-state index contributed by atoms with van der Waals surface area (Å²) in [5.41, 5.74) is 7.27. The molecule has 0 saturated heterocycles. The molecule has 100 valence electrons. The van der Waals surface area contributed by atoms with Gasteiger partial charge in [0, 0.05) is 12.7 Å². The number of benzene rings is 1. The lowest BCUT2D eigenvalue weighted by atomic mass is 10.0. The third kappa shape index (κ3) is 3.07. The van der Waals surface area contributed by atoms with Gasteiger partial charge in [0.25, 0.3) is 0 Å². The maximum absolute atomic E-state index is 6.12. The first kappa shape index (κ1) is 13.9. The maximum atomic E-state index is 6.12. The van der Waals surface area contributed by atoms with Gasteiger partial charge in [-0.1, -0.05) is 23.7 Å². The number of aromatic nitrogens is 1. The molecule has 19 heavy (non-hydrogen) atoms. The fourth-order valence-corrected chi connectivity index (χ4v) is 2.40. The van der Waals surface area contributed by atoms with E-state index in [1.54, 1.807) is 6.20 Å². The normalized spacial score (nSPS) is 10.6. The number of hydrogen-bond acceptors (Lipinski definition) is 2. The molecule has 0 saturated carbocycles. The smallest absolute Gasteiger partial charge is 0.152 e. The first-order valence-corrected chi connectivity index (χ1v) is 6.78. The molecule has 0 radical (unpaired) electrons. The highest BCUT2D eigenvalue weighted by molar-refractivity contribution is 6.32. The van der Waals surface area contributed by atoms with Crippen molar-refractivity contribution in [3.63, 3.8) is 0 Å². The quantitative estimate of drug-likeness (QED) is 0.829. The van der Waals surface area contributed by atoms with E-state index in [2.05, 4.69) is 43.2 Å². The Balaban J connectivity index is 2.22. The van der Waals surface area contributed by atoms with Crippen LogP contribution in [0.3, 0.4) is 0 Å². The minimum absolute atomic E-state index is 0.529. The Kier molecular flexibility index (Phi) is 4.11. The van der Waals surface area contributed by atoms with Crippen molar-refractivity contribution in [2.45, 2.75) is 34.2 Å². The predicted octanol–water partition coefficient (Wildman–Crippen LogP) is 4.58. The SMILES string of the molecule is Cc1cc(C)c(CNc2c(C)ccnc2Cl)cc1C. The van der Waals surface area contributed by atoms with E-state index >= 15 is 0 Å². The summed E-state index contributed by atoms with van der Waals surface area (Å²) in [7, 11) is 0. The Morgan fingerprint density at radius 1 is 1.00 bits per heavy atom. The molecule has 0 atom stereocenters. The highest BCUT2D eigenvalue weighted by Crippen LogP contribution is 2.24. The highest BCUT2D eigenvalue weighted by Gasteiger charge is 2.06. The summed E-state index contributed by atoms with van der Waals surface area (Å²) in [5, 5.41) is 3.92. The van der Waals surface area contributed by atoms with Gasteiger partial charge in [-0.05, 0) is 61.6 Å². The minimum atomic E-state index is 0.529. The zero-order valence-electron chi connectivity index (χ0n) is 11.8. The second-order valence-corrected chi connectivity index (χ2v) is 5.37. The third-order valence-corrected chi connectivity index (χ3v) is 3.81. The first-order chi connectivity index (χ1) is 8.99. The average Bonchev–Trinajstić information content (AvgIpc) is 2.34. The van der Waals surface area contributed by atoms with E-state index in [1.165, 1.54) is 22.3 Å². The molecule has 1 heterocycles. The number of anilines is 1. The molecule has 0 aliphatic heterocycles. The van der Waals surface area contributed by atoms with Crippen LogP contribution in [-0.2, 0) is 6.54 Å². The second-order valence-electron chi connectivity index (χ2n) is 5.01. The Labute approximate surface area is 119 Å². The lowest BCUT2D eigenvalue weighted by Gasteiger charge is -2.14. The Morgan fingerprint density at radius 3 is 2.37 bits per heavy atom. The largest absolute Gasteiger partial charge is 0.378 e. The monoisotopic (exact) mass is 274 g/mol. The maximum Gasteiger partial charge on any atom is 0.152 e. The second kappa shape index (κ2) is 5.62. The third-order valence-electron chi connectivity index (χ3n) is 3.52. The number of nitrogens with one attached hydrogen (secondary N) is 1. The van der Waals surface area contributed by atoms with Crippen molar-refractivity contribution in [3.05, 3.63) is 57.4 Å². The number of nitrogens with zero attached hydrogens (tertiary/aromatic N) is 1. The molecular formula is C16H19ClN2. The summed E-state index contributed by atoms with van der Waals surface area (Å²) in [6, 6.07) is 6.42. The van der Waals surface area contributed by atoms with Crippen LogP contribution >= 0.6 is 11.6 Å². The lowest BCUT2D eigenvalue weighted by Crippen LogP contribution is -2.05. The van der Waals surface area contributed by atoms with Crippen molar-refractivity contribution in [3.8, 4) is 0 Å². The van der Waals surface area contributed by atoms with Crippen LogP contribution < -0.4 is 5.32 Å². The van der Waals surface area contributed by atoms with Crippen LogP contribution in [0, 0.1) is 27.7 Å². The highest BCUT2D eigenvalue weighted by atomic mass is 35.5. The van der Waals surface area contributed by atoms with Crippen molar-refractivity contribution >= 4 is 17.3 Å². The van der Waals surface area contributed by atoms with E-state index in [0.29, 0.717) is 5.15 Å². The van der Waals surface area contributed by atoms with Gasteiger partial charge in [0.05, 0.1) is 5.69 Å². The van der Waals surface area contributed by atoms with Crippen LogP contribution in [0.2, 0.25) is 5.15 Å². The summed E-state index contributed by atoms with van der Waals surface area (Å²) in [5.74, 6) is 0. The molecule has 0 fully saturated rings. The number of rotatable bonds is 3. The Bertz CT molecular complexity index is 586. The average molecular weight is 275 g/mol. The summed E-state index contributed by atoms with van der Waals surface area (Å²) in [4.78, 5) is 4.11. The van der Waals surface area contributed by atoms with Crippen LogP contribution in [0.25, 0.3) is 0 Å². The van der Waals surface area contributed by atoms with Gasteiger partial charge in [0.2, 0.25) is 0 Å². The van der Waals surface area contributed by atoms with E-state index in [4.69, 9.17) is 11.6 Å². The van der Waals surface area contributed by atoms with Gasteiger partial charge < -0.3 is 5.32 Å². The van der Waals surface area contributed by atoms with Crippen molar-refractivity contribution in [2.24, 2.45) is 0 Å². The summed E-state index contributed by atoms with van der Waals surface area (Å²) in [6.07, 6.45) is 1.73. The molecule has 0 aliphatic carbocycles. The molecule has 2 rings (SSSR count). The summed E-state index contributed by atoms with van der Waals surface area (Å²) < 4.78 is 0. The minimum Gasteiger partial charge on any atom is -0.378 e. The van der Waals surface area contributed by atoms with Gasteiger partial charge in [-0.25, -0.2) is 4.98 Å². The van der Waals surface area contributed by atoms with Crippen LogP contribution in [0.1, 0.15) is 27.8 Å². The molecule has 3 heteroatoms. The van der Waals surface area contributed by atoms with Gasteiger partial charge in [-0.15, -0.1) is 0 Å². The Morgan fingerprint density at radius 2 is 1.68 bits per heavy atom. The number of halogens is 1. The van der Waals surface area contributed by atoms with E-state index in [1.807, 2.05) is 13.0 Å². The molecule has 1 aromatic carbocycles. The zero-order chi connectivity index (χ0) is 14.0. The van der Waals surface area contributed by atoms with Crippen molar-refractivity contribution in [1.82, 2.24) is 4.98 Å². The molecule has 2 nitrogen and oxygen atoms in total. The Hall–Kier alpha value is -1.54. The van der Waals surface area contributed by atoms with Crippen LogP contribution in [0.15, 0.2) is 24.4 Å². The van der Waals surface area contributed by atoms with Crippen molar-refractivity contribution < 1.29 is 0 Å². The lowest BCUT2D eigenvalue weighted by molar-refractivity contribution is 1.09. The zero-order valence-corrected chi connectivity index (χ0v) is 12.6. The number of aryl methyl sites for hydroxylation is 4. The van der Waals surface area contributed by atoms with Gasteiger partial charge in [-0.3, -0.25) is 0 Å². The van der Waals surface area contributed by atoms with E-state index in [-0.39, 0.29) is 0 Å². The molecular weight excluding hydrogens is 256 g/mol. The molecule has 0 amide bonds. The molecule has 0 spiro atoms. The van der Waals surface area contributed by atoms with Crippen LogP contribution in [0.4, 0.5) is 5.69 Å². The topological polar surface area (TPSA) is 24.9 Å². The summed E-state index contributed by atoms with van der Waals surface area (Å²) >= 11 is 6.12. The summed E-state index contributed by atoms with van der Waals surface area (Å²) in [6.45, 7) is 9.21. The number of hydrogen-bond donors (Lipinski definition) is 1. The molecule has 0 bridgehead atoms. The van der Waals surface area contributed by atoms with E-state index < -0.39 is 0 Å². The van der Waals surface area contributed by atoms with E-state index in [0.717, 1.165) is 17.8 Å². The van der Waals surface area contributed by atoms with Crippen molar-refractivity contribution in [2.75, 3.05) is 5.32 Å². The van der Waals surface area contributed by atoms with Crippen LogP contribution in [0.5, 0.6) is 0 Å². The first-order valence-electron chi connectivity index (χ1n) is 6.40. The fourth-order valence-electron chi connectivity index (χ4n) is 2.13. The molecule has 1 N–H and O–H groups in total. The van der Waals surface area contributed by atoms with Crippen LogP contribution in [-0.4, -0.2) is 4.98 Å². The number of pyridine rings is 1. The predicted molar refractivity (Wildman–Crippen MR) is 82.0 cm³/mol. The van der Waals surface area contributed by atoms with Gasteiger partial charge >= 0.3 is 0 Å². The molecule has 2 aromatic rings.